The van der Waals surface area contributed by atoms with Gasteiger partial charge in [0, 0.05) is 17.6 Å². The largest absolute Gasteiger partial charge is 0.478 e. The van der Waals surface area contributed by atoms with Crippen molar-refractivity contribution < 1.29 is 18.3 Å². The van der Waals surface area contributed by atoms with Crippen LogP contribution < -0.4 is 4.72 Å². The average Bonchev–Trinajstić information content (AvgIpc) is 2.82. The number of carbonyl (C=O) groups is 1. The normalized spacial score (nSPS) is 11.5. The second-order valence-electron chi connectivity index (χ2n) is 4.12. The summed E-state index contributed by atoms with van der Waals surface area (Å²) in [6.07, 6.45) is 1.60. The molecule has 112 valence electrons. The molecule has 0 spiro atoms. The molecule has 2 rings (SSSR count). The minimum absolute atomic E-state index is 0.0845. The van der Waals surface area contributed by atoms with Gasteiger partial charge in [0.25, 0.3) is 0 Å². The second kappa shape index (κ2) is 6.10. The SMILES string of the molecule is Cc1ncc(CNS(=O)(=O)c2ccc(C(=O)O)c(Cl)c2)s1. The Bertz CT molecular complexity index is 786. The number of aromatic nitrogens is 1. The van der Waals surface area contributed by atoms with Gasteiger partial charge in [0.05, 0.1) is 20.5 Å². The third-order valence-electron chi connectivity index (χ3n) is 2.59. The van der Waals surface area contributed by atoms with Crippen molar-refractivity contribution in [3.05, 3.63) is 44.9 Å². The molecule has 1 aromatic carbocycles. The number of carboxylic acid groups (broad SMARTS) is 1. The van der Waals surface area contributed by atoms with E-state index in [1.54, 1.807) is 6.20 Å². The number of halogens is 1. The van der Waals surface area contributed by atoms with Crippen molar-refractivity contribution in [2.75, 3.05) is 0 Å². The van der Waals surface area contributed by atoms with E-state index >= 15 is 0 Å². The van der Waals surface area contributed by atoms with E-state index in [0.29, 0.717) is 0 Å². The van der Waals surface area contributed by atoms with Gasteiger partial charge >= 0.3 is 5.97 Å². The van der Waals surface area contributed by atoms with E-state index < -0.39 is 16.0 Å². The fourth-order valence-corrected chi connectivity index (χ4v) is 3.76. The molecule has 0 bridgehead atoms. The summed E-state index contributed by atoms with van der Waals surface area (Å²) in [5.41, 5.74) is -0.145. The predicted molar refractivity (Wildman–Crippen MR) is 79.3 cm³/mol. The number of benzene rings is 1. The summed E-state index contributed by atoms with van der Waals surface area (Å²) in [6, 6.07) is 3.48. The van der Waals surface area contributed by atoms with Crippen LogP contribution in [0.4, 0.5) is 0 Å². The van der Waals surface area contributed by atoms with Crippen LogP contribution in [0.3, 0.4) is 0 Å². The lowest BCUT2D eigenvalue weighted by atomic mass is 10.2. The third-order valence-corrected chi connectivity index (χ3v) is 5.21. The Labute approximate surface area is 130 Å². The molecule has 2 aromatic rings. The Hall–Kier alpha value is -1.48. The molecule has 0 saturated heterocycles. The zero-order valence-corrected chi connectivity index (χ0v) is 13.2. The van der Waals surface area contributed by atoms with Crippen LogP contribution >= 0.6 is 22.9 Å². The zero-order chi connectivity index (χ0) is 15.6. The molecule has 2 N–H and O–H groups in total. The maximum absolute atomic E-state index is 12.1. The van der Waals surface area contributed by atoms with Gasteiger partial charge in [0.1, 0.15) is 0 Å². The van der Waals surface area contributed by atoms with Gasteiger partial charge in [-0.05, 0) is 25.1 Å². The van der Waals surface area contributed by atoms with Crippen molar-refractivity contribution in [2.24, 2.45) is 0 Å². The monoisotopic (exact) mass is 346 g/mol. The molecule has 0 saturated carbocycles. The van der Waals surface area contributed by atoms with E-state index in [1.165, 1.54) is 17.4 Å². The number of sulfonamides is 1. The van der Waals surface area contributed by atoms with E-state index in [1.807, 2.05) is 6.92 Å². The first-order chi connectivity index (χ1) is 9.79. The first kappa shape index (κ1) is 15.9. The third kappa shape index (κ3) is 3.79. The number of hydrogen-bond acceptors (Lipinski definition) is 5. The number of aryl methyl sites for hydroxylation is 1. The highest BCUT2D eigenvalue weighted by Gasteiger charge is 2.17. The predicted octanol–water partition coefficient (Wildman–Crippen LogP) is 2.28. The fourth-order valence-electron chi connectivity index (χ4n) is 1.57. The molecule has 6 nitrogen and oxygen atoms in total. The highest BCUT2D eigenvalue weighted by Crippen LogP contribution is 2.21. The molecule has 0 fully saturated rings. The number of nitrogens with zero attached hydrogens (tertiary/aromatic N) is 1. The standard InChI is InChI=1S/C12H11ClN2O4S2/c1-7-14-5-8(20-7)6-15-21(18,19)9-2-3-10(12(16)17)11(13)4-9/h2-5,15H,6H2,1H3,(H,16,17). The van der Waals surface area contributed by atoms with Crippen LogP contribution in [0.5, 0.6) is 0 Å². The molecule has 0 aliphatic carbocycles. The molecule has 1 heterocycles. The van der Waals surface area contributed by atoms with Crippen LogP contribution in [0, 0.1) is 6.92 Å². The molecular formula is C12H11ClN2O4S2. The smallest absolute Gasteiger partial charge is 0.337 e. The second-order valence-corrected chi connectivity index (χ2v) is 7.61. The molecule has 9 heteroatoms. The molecule has 0 amide bonds. The first-order valence-corrected chi connectivity index (χ1v) is 8.41. The van der Waals surface area contributed by atoms with Crippen LogP contribution in [0.1, 0.15) is 20.2 Å². The summed E-state index contributed by atoms with van der Waals surface area (Å²) >= 11 is 7.16. The number of nitrogens with one attached hydrogen (secondary N) is 1. The Morgan fingerprint density at radius 2 is 2.19 bits per heavy atom. The average molecular weight is 347 g/mol. The maximum atomic E-state index is 12.1. The number of rotatable bonds is 5. The highest BCUT2D eigenvalue weighted by molar-refractivity contribution is 7.89. The Balaban J connectivity index is 2.19. The summed E-state index contributed by atoms with van der Waals surface area (Å²) in [4.78, 5) is 15.6. The number of thiazole rings is 1. The molecule has 1 aromatic heterocycles. The van der Waals surface area contributed by atoms with Crippen LogP contribution in [0.15, 0.2) is 29.3 Å². The maximum Gasteiger partial charge on any atom is 0.337 e. The number of hydrogen-bond donors (Lipinski definition) is 2. The molecule has 0 radical (unpaired) electrons. The van der Waals surface area contributed by atoms with Crippen LogP contribution in [-0.2, 0) is 16.6 Å². The van der Waals surface area contributed by atoms with E-state index in [4.69, 9.17) is 16.7 Å². The lowest BCUT2D eigenvalue weighted by Crippen LogP contribution is -2.23. The minimum atomic E-state index is -3.76. The molecule has 0 aliphatic heterocycles. The molecule has 21 heavy (non-hydrogen) atoms. The molecular weight excluding hydrogens is 336 g/mol. The van der Waals surface area contributed by atoms with Gasteiger partial charge in [-0.25, -0.2) is 22.9 Å². The lowest BCUT2D eigenvalue weighted by molar-refractivity contribution is 0.0697. The van der Waals surface area contributed by atoms with Gasteiger partial charge in [-0.15, -0.1) is 11.3 Å². The first-order valence-electron chi connectivity index (χ1n) is 5.73. The summed E-state index contributed by atoms with van der Waals surface area (Å²) in [7, 11) is -3.76. The van der Waals surface area contributed by atoms with Gasteiger partial charge < -0.3 is 5.11 Å². The van der Waals surface area contributed by atoms with Gasteiger partial charge in [0.2, 0.25) is 10.0 Å². The topological polar surface area (TPSA) is 96.4 Å². The van der Waals surface area contributed by atoms with Gasteiger partial charge in [-0.2, -0.15) is 0 Å². The van der Waals surface area contributed by atoms with E-state index in [2.05, 4.69) is 9.71 Å². The van der Waals surface area contributed by atoms with Gasteiger partial charge in [-0.3, -0.25) is 0 Å². The summed E-state index contributed by atoms with van der Waals surface area (Å²) in [5.74, 6) is -1.21. The summed E-state index contributed by atoms with van der Waals surface area (Å²) in [6.45, 7) is 1.94. The Morgan fingerprint density at radius 3 is 2.71 bits per heavy atom. The lowest BCUT2D eigenvalue weighted by Gasteiger charge is -2.07. The zero-order valence-electron chi connectivity index (χ0n) is 10.8. The number of carboxylic acids is 1. The van der Waals surface area contributed by atoms with Gasteiger partial charge in [0.15, 0.2) is 0 Å². The highest BCUT2D eigenvalue weighted by atomic mass is 35.5. The van der Waals surface area contributed by atoms with Crippen LogP contribution in [0.25, 0.3) is 0 Å². The number of aromatic carboxylic acids is 1. The van der Waals surface area contributed by atoms with Crippen LogP contribution in [-0.4, -0.2) is 24.5 Å². The Morgan fingerprint density at radius 1 is 1.48 bits per heavy atom. The van der Waals surface area contributed by atoms with Gasteiger partial charge in [-0.1, -0.05) is 11.6 Å². The van der Waals surface area contributed by atoms with Crippen LogP contribution in [0.2, 0.25) is 5.02 Å². The van der Waals surface area contributed by atoms with Crippen molar-refractivity contribution in [2.45, 2.75) is 18.4 Å². The van der Waals surface area contributed by atoms with Crippen molar-refractivity contribution in [1.29, 1.82) is 0 Å². The summed E-state index contributed by atoms with van der Waals surface area (Å²) < 4.78 is 26.6. The quantitative estimate of drug-likeness (QED) is 0.865. The summed E-state index contributed by atoms with van der Waals surface area (Å²) in [5, 5.41) is 9.58. The van der Waals surface area contributed by atoms with E-state index in [0.717, 1.165) is 22.0 Å². The molecule has 0 atom stereocenters. The van der Waals surface area contributed by atoms with Crippen molar-refractivity contribution in [3.8, 4) is 0 Å². The molecule has 0 aliphatic rings. The van der Waals surface area contributed by atoms with E-state index in [9.17, 15) is 13.2 Å². The van der Waals surface area contributed by atoms with E-state index in [-0.39, 0.29) is 22.0 Å². The minimum Gasteiger partial charge on any atom is -0.478 e. The van der Waals surface area contributed by atoms with Crippen molar-refractivity contribution in [3.63, 3.8) is 0 Å². The fraction of sp³-hybridized carbons (Fsp3) is 0.167. The van der Waals surface area contributed by atoms with Crippen molar-refractivity contribution >= 4 is 38.9 Å². The molecule has 0 unspecified atom stereocenters. The Kier molecular flexibility index (Phi) is 4.62. The van der Waals surface area contributed by atoms with Crippen molar-refractivity contribution in [1.82, 2.24) is 9.71 Å².